The molecule has 0 spiro atoms. The molecule has 0 aliphatic carbocycles. The molecule has 0 aliphatic heterocycles. The van der Waals surface area contributed by atoms with Crippen LogP contribution >= 0.6 is 11.6 Å². The molecule has 1 rings (SSSR count). The summed E-state index contributed by atoms with van der Waals surface area (Å²) in [5.74, 6) is -0.341. The molecule has 0 heterocycles. The van der Waals surface area contributed by atoms with Crippen molar-refractivity contribution >= 4 is 17.3 Å². The molecule has 1 N–H and O–H groups in total. The summed E-state index contributed by atoms with van der Waals surface area (Å²) in [5.41, 5.74) is 0.664. The lowest BCUT2D eigenvalue weighted by molar-refractivity contribution is 0.628. The molecular formula is C10H11ClFN. The van der Waals surface area contributed by atoms with Crippen LogP contribution in [0.2, 0.25) is 5.02 Å². The van der Waals surface area contributed by atoms with Crippen LogP contribution < -0.4 is 5.32 Å². The van der Waals surface area contributed by atoms with Gasteiger partial charge in [-0.1, -0.05) is 17.7 Å². The van der Waals surface area contributed by atoms with Crippen LogP contribution in [0.4, 0.5) is 10.1 Å². The molecule has 1 atom stereocenters. The van der Waals surface area contributed by atoms with E-state index in [-0.39, 0.29) is 11.9 Å². The van der Waals surface area contributed by atoms with Crippen molar-refractivity contribution in [2.75, 3.05) is 5.32 Å². The molecule has 0 radical (unpaired) electrons. The van der Waals surface area contributed by atoms with Gasteiger partial charge in [0.15, 0.2) is 0 Å². The van der Waals surface area contributed by atoms with Gasteiger partial charge in [-0.2, -0.15) is 0 Å². The van der Waals surface area contributed by atoms with Crippen molar-refractivity contribution < 1.29 is 4.39 Å². The van der Waals surface area contributed by atoms with Gasteiger partial charge in [0.05, 0.1) is 0 Å². The Morgan fingerprint density at radius 3 is 2.77 bits per heavy atom. The Kier molecular flexibility index (Phi) is 3.32. The fourth-order valence-electron chi connectivity index (χ4n) is 0.959. The Balaban J connectivity index is 2.82. The summed E-state index contributed by atoms with van der Waals surface area (Å²) in [5, 5.41) is 3.42. The summed E-state index contributed by atoms with van der Waals surface area (Å²) in [4.78, 5) is 0. The SMILES string of the molecule is C=CC(C)Nc1cc(F)cc(Cl)c1. The number of hydrogen-bond donors (Lipinski definition) is 1. The minimum absolute atomic E-state index is 0.0952. The van der Waals surface area contributed by atoms with Gasteiger partial charge < -0.3 is 5.32 Å². The fourth-order valence-corrected chi connectivity index (χ4v) is 1.18. The van der Waals surface area contributed by atoms with Crippen molar-refractivity contribution in [2.45, 2.75) is 13.0 Å². The van der Waals surface area contributed by atoms with Crippen LogP contribution in [0, 0.1) is 5.82 Å². The number of benzene rings is 1. The van der Waals surface area contributed by atoms with Crippen LogP contribution in [-0.4, -0.2) is 6.04 Å². The lowest BCUT2D eigenvalue weighted by Gasteiger charge is -2.10. The van der Waals surface area contributed by atoms with E-state index in [0.29, 0.717) is 10.7 Å². The summed E-state index contributed by atoms with van der Waals surface area (Å²) in [6.07, 6.45) is 1.73. The highest BCUT2D eigenvalue weighted by Gasteiger charge is 2.00. The maximum absolute atomic E-state index is 12.8. The normalized spacial score (nSPS) is 12.2. The summed E-state index contributed by atoms with van der Waals surface area (Å²) in [7, 11) is 0. The van der Waals surface area contributed by atoms with Gasteiger partial charge in [-0.05, 0) is 25.1 Å². The molecular weight excluding hydrogens is 189 g/mol. The first kappa shape index (κ1) is 10.1. The van der Waals surface area contributed by atoms with E-state index in [9.17, 15) is 4.39 Å². The standard InChI is InChI=1S/C10H11ClFN/c1-3-7(2)13-10-5-8(11)4-9(12)6-10/h3-7,13H,1H2,2H3. The number of halogens is 2. The number of anilines is 1. The molecule has 0 saturated carbocycles. The van der Waals surface area contributed by atoms with Gasteiger partial charge in [-0.15, -0.1) is 6.58 Å². The van der Waals surface area contributed by atoms with Gasteiger partial charge in [0.1, 0.15) is 5.82 Å². The number of nitrogens with one attached hydrogen (secondary N) is 1. The van der Waals surface area contributed by atoms with E-state index >= 15 is 0 Å². The Morgan fingerprint density at radius 2 is 2.23 bits per heavy atom. The molecule has 1 aromatic rings. The van der Waals surface area contributed by atoms with E-state index in [1.807, 2.05) is 6.92 Å². The zero-order valence-corrected chi connectivity index (χ0v) is 8.11. The van der Waals surface area contributed by atoms with Gasteiger partial charge in [0.2, 0.25) is 0 Å². The predicted molar refractivity (Wildman–Crippen MR) is 54.7 cm³/mol. The third-order valence-corrected chi connectivity index (χ3v) is 1.83. The first-order chi connectivity index (χ1) is 6.11. The van der Waals surface area contributed by atoms with Gasteiger partial charge >= 0.3 is 0 Å². The minimum Gasteiger partial charge on any atom is -0.379 e. The zero-order valence-electron chi connectivity index (χ0n) is 7.35. The van der Waals surface area contributed by atoms with E-state index in [0.717, 1.165) is 0 Å². The minimum atomic E-state index is -0.341. The lowest BCUT2D eigenvalue weighted by Crippen LogP contribution is -2.11. The average Bonchev–Trinajstić information content (AvgIpc) is 2.02. The van der Waals surface area contributed by atoms with Crippen LogP contribution in [-0.2, 0) is 0 Å². The smallest absolute Gasteiger partial charge is 0.126 e. The van der Waals surface area contributed by atoms with E-state index in [2.05, 4.69) is 11.9 Å². The third-order valence-electron chi connectivity index (χ3n) is 1.61. The molecule has 1 aromatic carbocycles. The van der Waals surface area contributed by atoms with Crippen molar-refractivity contribution in [3.05, 3.63) is 41.7 Å². The quantitative estimate of drug-likeness (QED) is 0.736. The second kappa shape index (κ2) is 4.28. The topological polar surface area (TPSA) is 12.0 Å². The molecule has 70 valence electrons. The van der Waals surface area contributed by atoms with Crippen molar-refractivity contribution in [1.82, 2.24) is 0 Å². The Hall–Kier alpha value is -1.02. The predicted octanol–water partition coefficient (Wildman–Crippen LogP) is 3.47. The van der Waals surface area contributed by atoms with Gasteiger partial charge in [-0.3, -0.25) is 0 Å². The van der Waals surface area contributed by atoms with E-state index < -0.39 is 0 Å². The summed E-state index contributed by atoms with van der Waals surface area (Å²) >= 11 is 5.67. The summed E-state index contributed by atoms with van der Waals surface area (Å²) in [6, 6.07) is 4.43. The van der Waals surface area contributed by atoms with Crippen LogP contribution in [0.25, 0.3) is 0 Å². The van der Waals surface area contributed by atoms with Crippen LogP contribution in [0.15, 0.2) is 30.9 Å². The first-order valence-corrected chi connectivity index (χ1v) is 4.35. The third kappa shape index (κ3) is 3.07. The van der Waals surface area contributed by atoms with E-state index in [1.54, 1.807) is 12.1 Å². The molecule has 0 fully saturated rings. The van der Waals surface area contributed by atoms with Gasteiger partial charge in [0.25, 0.3) is 0 Å². The molecule has 0 bridgehead atoms. The number of rotatable bonds is 3. The van der Waals surface area contributed by atoms with Gasteiger partial charge in [-0.25, -0.2) is 4.39 Å². The highest BCUT2D eigenvalue weighted by Crippen LogP contribution is 2.18. The van der Waals surface area contributed by atoms with E-state index in [4.69, 9.17) is 11.6 Å². The van der Waals surface area contributed by atoms with Crippen molar-refractivity contribution in [1.29, 1.82) is 0 Å². The number of hydrogen-bond acceptors (Lipinski definition) is 1. The second-order valence-corrected chi connectivity index (χ2v) is 3.26. The van der Waals surface area contributed by atoms with Gasteiger partial charge in [0, 0.05) is 16.8 Å². The molecule has 13 heavy (non-hydrogen) atoms. The van der Waals surface area contributed by atoms with Crippen LogP contribution in [0.3, 0.4) is 0 Å². The molecule has 1 nitrogen and oxygen atoms in total. The maximum Gasteiger partial charge on any atom is 0.126 e. The van der Waals surface area contributed by atoms with Crippen molar-refractivity contribution in [3.63, 3.8) is 0 Å². The largest absolute Gasteiger partial charge is 0.379 e. The Bertz CT molecular complexity index is 292. The first-order valence-electron chi connectivity index (χ1n) is 3.97. The molecule has 0 aliphatic rings. The molecule has 1 unspecified atom stereocenters. The highest BCUT2D eigenvalue weighted by atomic mass is 35.5. The Morgan fingerprint density at radius 1 is 1.54 bits per heavy atom. The molecule has 0 amide bonds. The van der Waals surface area contributed by atoms with E-state index in [1.165, 1.54) is 12.1 Å². The fraction of sp³-hybridized carbons (Fsp3) is 0.200. The van der Waals surface area contributed by atoms with Crippen molar-refractivity contribution in [3.8, 4) is 0 Å². The monoisotopic (exact) mass is 199 g/mol. The summed E-state index contributed by atoms with van der Waals surface area (Å²) < 4.78 is 12.8. The molecule has 3 heteroatoms. The van der Waals surface area contributed by atoms with Crippen LogP contribution in [0.5, 0.6) is 0 Å². The second-order valence-electron chi connectivity index (χ2n) is 2.83. The zero-order chi connectivity index (χ0) is 9.84. The molecule has 0 saturated heterocycles. The summed E-state index contributed by atoms with van der Waals surface area (Å²) in [6.45, 7) is 5.53. The maximum atomic E-state index is 12.8. The lowest BCUT2D eigenvalue weighted by atomic mass is 10.2. The Labute approximate surface area is 82.2 Å². The van der Waals surface area contributed by atoms with Crippen LogP contribution in [0.1, 0.15) is 6.92 Å². The average molecular weight is 200 g/mol. The molecule has 0 aromatic heterocycles. The highest BCUT2D eigenvalue weighted by molar-refractivity contribution is 6.30. The van der Waals surface area contributed by atoms with Crippen molar-refractivity contribution in [2.24, 2.45) is 0 Å².